The number of rotatable bonds is 5. The van der Waals surface area contributed by atoms with Crippen molar-refractivity contribution in [1.82, 2.24) is 0 Å². The van der Waals surface area contributed by atoms with E-state index in [1.54, 1.807) is 0 Å². The summed E-state index contributed by atoms with van der Waals surface area (Å²) in [6.07, 6.45) is 11.7. The Balaban J connectivity index is 2.46. The van der Waals surface area contributed by atoms with Crippen LogP contribution in [0.3, 0.4) is 0 Å². The predicted molar refractivity (Wildman–Crippen MR) is 59.9 cm³/mol. The van der Waals surface area contributed by atoms with Gasteiger partial charge < -0.3 is 0 Å². The fraction of sp³-hybridized carbons (Fsp3) is 1.00. The van der Waals surface area contributed by atoms with E-state index >= 15 is 0 Å². The van der Waals surface area contributed by atoms with E-state index in [0.29, 0.717) is 0 Å². The van der Waals surface area contributed by atoms with Crippen LogP contribution in [0.15, 0.2) is 0 Å². The van der Waals surface area contributed by atoms with Gasteiger partial charge in [0.05, 0.1) is 0 Å². The van der Waals surface area contributed by atoms with Gasteiger partial charge in [-0.2, -0.15) is 0 Å². The molecule has 1 aliphatic rings. The number of hydrogen-bond donors (Lipinski definition) is 0. The van der Waals surface area contributed by atoms with Crippen LogP contribution < -0.4 is 0 Å². The molecule has 0 nitrogen and oxygen atoms in total. The third-order valence-corrected chi connectivity index (χ3v) is 4.29. The number of hydrogen-bond acceptors (Lipinski definition) is 0. The zero-order chi connectivity index (χ0) is 9.73. The van der Waals surface area contributed by atoms with Gasteiger partial charge in [-0.15, -0.1) is 0 Å². The minimum atomic E-state index is 0.761. The van der Waals surface area contributed by atoms with Crippen LogP contribution in [0.25, 0.3) is 0 Å². The molecule has 0 heteroatoms. The third kappa shape index (κ3) is 2.72. The predicted octanol–water partition coefficient (Wildman–Crippen LogP) is 4.78. The molecule has 0 N–H and O–H groups in total. The molecule has 0 unspecified atom stereocenters. The molecule has 1 saturated carbocycles. The van der Waals surface area contributed by atoms with Gasteiger partial charge in [0, 0.05) is 0 Å². The van der Waals surface area contributed by atoms with Crippen LogP contribution in [0, 0.1) is 11.3 Å². The Hall–Kier alpha value is 0. The summed E-state index contributed by atoms with van der Waals surface area (Å²) in [5.74, 6) is 0.998. The second-order valence-corrected chi connectivity index (χ2v) is 4.95. The smallest absolute Gasteiger partial charge is 0.0297 e. The van der Waals surface area contributed by atoms with Crippen molar-refractivity contribution in [2.75, 3.05) is 0 Å². The highest BCUT2D eigenvalue weighted by molar-refractivity contribution is 4.85. The first-order chi connectivity index (χ1) is 6.26. The van der Waals surface area contributed by atoms with Crippen LogP contribution in [0.1, 0.15) is 72.1 Å². The normalized spacial score (nSPS) is 21.2. The second-order valence-electron chi connectivity index (χ2n) is 4.95. The molecule has 0 aliphatic heterocycles. The highest BCUT2D eigenvalue weighted by atomic mass is 14.4. The van der Waals surface area contributed by atoms with Crippen molar-refractivity contribution in [3.8, 4) is 0 Å². The molecule has 13 heavy (non-hydrogen) atoms. The largest absolute Gasteiger partial charge is 0.0651 e. The second kappa shape index (κ2) is 5.02. The first kappa shape index (κ1) is 11.1. The molecule has 0 atom stereocenters. The standard InChI is InChI=1S/C13H26/c1-4-12(5-2)11-13(6-3)9-7-8-10-13/h12H,4-11H2,1-3H3. The zero-order valence-electron chi connectivity index (χ0n) is 9.73. The molecular weight excluding hydrogens is 156 g/mol. The highest BCUT2D eigenvalue weighted by Gasteiger charge is 2.33. The van der Waals surface area contributed by atoms with Gasteiger partial charge in [0.15, 0.2) is 0 Å². The third-order valence-electron chi connectivity index (χ3n) is 4.29. The molecule has 1 aliphatic carbocycles. The van der Waals surface area contributed by atoms with Gasteiger partial charge in [0.1, 0.15) is 0 Å². The van der Waals surface area contributed by atoms with Crippen molar-refractivity contribution in [3.63, 3.8) is 0 Å². The monoisotopic (exact) mass is 182 g/mol. The average molecular weight is 182 g/mol. The summed E-state index contributed by atoms with van der Waals surface area (Å²) in [7, 11) is 0. The summed E-state index contributed by atoms with van der Waals surface area (Å²) >= 11 is 0. The molecule has 0 aromatic carbocycles. The first-order valence-corrected chi connectivity index (χ1v) is 6.26. The van der Waals surface area contributed by atoms with E-state index < -0.39 is 0 Å². The first-order valence-electron chi connectivity index (χ1n) is 6.26. The van der Waals surface area contributed by atoms with Gasteiger partial charge in [-0.3, -0.25) is 0 Å². The summed E-state index contributed by atoms with van der Waals surface area (Å²) in [6, 6.07) is 0. The maximum atomic E-state index is 2.40. The Bertz CT molecular complexity index is 127. The molecule has 0 spiro atoms. The molecule has 0 aromatic heterocycles. The lowest BCUT2D eigenvalue weighted by atomic mass is 9.74. The van der Waals surface area contributed by atoms with E-state index in [-0.39, 0.29) is 0 Å². The van der Waals surface area contributed by atoms with E-state index in [1.807, 2.05) is 0 Å². The van der Waals surface area contributed by atoms with Crippen LogP contribution in [0.2, 0.25) is 0 Å². The van der Waals surface area contributed by atoms with Crippen molar-refractivity contribution >= 4 is 0 Å². The van der Waals surface area contributed by atoms with Gasteiger partial charge in [-0.05, 0) is 30.6 Å². The highest BCUT2D eigenvalue weighted by Crippen LogP contribution is 2.46. The molecule has 0 bridgehead atoms. The van der Waals surface area contributed by atoms with E-state index in [1.165, 1.54) is 51.4 Å². The molecule has 0 heterocycles. The minimum absolute atomic E-state index is 0.761. The van der Waals surface area contributed by atoms with Crippen LogP contribution >= 0.6 is 0 Å². The van der Waals surface area contributed by atoms with Crippen molar-refractivity contribution in [3.05, 3.63) is 0 Å². The van der Waals surface area contributed by atoms with Crippen LogP contribution in [0.4, 0.5) is 0 Å². The summed E-state index contributed by atoms with van der Waals surface area (Å²) < 4.78 is 0. The molecule has 1 rings (SSSR count). The molecule has 0 radical (unpaired) electrons. The maximum absolute atomic E-state index is 2.40. The van der Waals surface area contributed by atoms with E-state index in [0.717, 1.165) is 11.3 Å². The molecule has 78 valence electrons. The Labute approximate surface area is 84.1 Å². The lowest BCUT2D eigenvalue weighted by Gasteiger charge is -2.31. The average Bonchev–Trinajstić information content (AvgIpc) is 2.63. The van der Waals surface area contributed by atoms with Gasteiger partial charge >= 0.3 is 0 Å². The molecule has 0 amide bonds. The van der Waals surface area contributed by atoms with Crippen LogP contribution in [-0.4, -0.2) is 0 Å². The van der Waals surface area contributed by atoms with Gasteiger partial charge in [-0.1, -0.05) is 52.9 Å². The van der Waals surface area contributed by atoms with E-state index in [4.69, 9.17) is 0 Å². The van der Waals surface area contributed by atoms with Crippen LogP contribution in [-0.2, 0) is 0 Å². The maximum Gasteiger partial charge on any atom is -0.0297 e. The Morgan fingerprint density at radius 1 is 1.00 bits per heavy atom. The van der Waals surface area contributed by atoms with Crippen molar-refractivity contribution in [2.24, 2.45) is 11.3 Å². The molecular formula is C13H26. The molecule has 0 saturated heterocycles. The fourth-order valence-corrected chi connectivity index (χ4v) is 3.02. The van der Waals surface area contributed by atoms with Crippen molar-refractivity contribution in [2.45, 2.75) is 72.1 Å². The summed E-state index contributed by atoms with van der Waals surface area (Å²) in [6.45, 7) is 7.10. The van der Waals surface area contributed by atoms with Gasteiger partial charge in [0.2, 0.25) is 0 Å². The van der Waals surface area contributed by atoms with Crippen molar-refractivity contribution < 1.29 is 0 Å². The summed E-state index contributed by atoms with van der Waals surface area (Å²) in [4.78, 5) is 0. The zero-order valence-corrected chi connectivity index (χ0v) is 9.73. The Kier molecular flexibility index (Phi) is 4.28. The van der Waals surface area contributed by atoms with Crippen molar-refractivity contribution in [1.29, 1.82) is 0 Å². The molecule has 1 fully saturated rings. The topological polar surface area (TPSA) is 0 Å². The van der Waals surface area contributed by atoms with Gasteiger partial charge in [0.25, 0.3) is 0 Å². The SMILES string of the molecule is CCC(CC)CC1(CC)CCCC1. The lowest BCUT2D eigenvalue weighted by Crippen LogP contribution is -2.19. The lowest BCUT2D eigenvalue weighted by molar-refractivity contribution is 0.203. The fourth-order valence-electron chi connectivity index (χ4n) is 3.02. The van der Waals surface area contributed by atoms with Gasteiger partial charge in [-0.25, -0.2) is 0 Å². The summed E-state index contributed by atoms with van der Waals surface area (Å²) in [5.41, 5.74) is 0.761. The minimum Gasteiger partial charge on any atom is -0.0651 e. The summed E-state index contributed by atoms with van der Waals surface area (Å²) in [5, 5.41) is 0. The van der Waals surface area contributed by atoms with E-state index in [2.05, 4.69) is 20.8 Å². The van der Waals surface area contributed by atoms with Crippen LogP contribution in [0.5, 0.6) is 0 Å². The van der Waals surface area contributed by atoms with E-state index in [9.17, 15) is 0 Å². The quantitative estimate of drug-likeness (QED) is 0.574. The molecule has 0 aromatic rings. The Morgan fingerprint density at radius 2 is 1.54 bits per heavy atom. The Morgan fingerprint density at radius 3 is 1.92 bits per heavy atom.